The van der Waals surface area contributed by atoms with Gasteiger partial charge in [-0.1, -0.05) is 107 Å². The normalized spacial score (nSPS) is 12.2. The van der Waals surface area contributed by atoms with Crippen molar-refractivity contribution in [3.63, 3.8) is 0 Å². The molecule has 3 N–H and O–H groups in total. The standard InChI is InChI=1S/C33H51N3O3/c1-3-4-5-6-7-8-9-10-11-12-13-14-15-16-17-21-24-34-30-31(33(39)32(30)38)35-26-29(37)36-27(2)25-28-22-19-18-20-23-28/h11-12,18-20,22-23,27,34-35H,3-10,13-17,21,24-26H2,1-2H3,(H,36,37)/b12-11-. The van der Waals surface area contributed by atoms with E-state index in [1.165, 1.54) is 70.6 Å². The summed E-state index contributed by atoms with van der Waals surface area (Å²) in [4.78, 5) is 36.3. The fraction of sp³-hybridized carbons (Fsp3) is 0.606. The molecule has 2 aromatic carbocycles. The van der Waals surface area contributed by atoms with E-state index in [0.717, 1.165) is 31.2 Å². The highest BCUT2D eigenvalue weighted by Gasteiger charge is 2.21. The number of hydrogen-bond acceptors (Lipinski definition) is 5. The molecule has 0 heterocycles. The molecule has 0 aliphatic rings. The Morgan fingerprint density at radius 1 is 0.744 bits per heavy atom. The topological polar surface area (TPSA) is 87.3 Å². The van der Waals surface area contributed by atoms with Crippen LogP contribution in [0, 0.1) is 0 Å². The van der Waals surface area contributed by atoms with Crippen LogP contribution in [0.15, 0.2) is 52.1 Å². The van der Waals surface area contributed by atoms with Gasteiger partial charge in [0.05, 0.1) is 6.54 Å². The fourth-order valence-corrected chi connectivity index (χ4v) is 4.83. The number of rotatable bonds is 23. The first-order valence-corrected chi connectivity index (χ1v) is 15.3. The van der Waals surface area contributed by atoms with Crippen LogP contribution in [0.5, 0.6) is 0 Å². The van der Waals surface area contributed by atoms with Crippen molar-refractivity contribution in [3.8, 4) is 0 Å². The zero-order valence-electron chi connectivity index (χ0n) is 24.4. The third-order valence-corrected chi connectivity index (χ3v) is 7.12. The number of benzene rings is 1. The van der Waals surface area contributed by atoms with E-state index < -0.39 is 10.9 Å². The Morgan fingerprint density at radius 3 is 1.90 bits per heavy atom. The molecule has 1 unspecified atom stereocenters. The third-order valence-electron chi connectivity index (χ3n) is 7.12. The van der Waals surface area contributed by atoms with Gasteiger partial charge in [0.25, 0.3) is 10.9 Å². The summed E-state index contributed by atoms with van der Waals surface area (Å²) in [6, 6.07) is 9.94. The van der Waals surface area contributed by atoms with Crippen LogP contribution in [0.2, 0.25) is 0 Å². The van der Waals surface area contributed by atoms with Gasteiger partial charge in [-0.3, -0.25) is 14.4 Å². The summed E-state index contributed by atoms with van der Waals surface area (Å²) in [7, 11) is 0. The average molecular weight is 538 g/mol. The van der Waals surface area contributed by atoms with Gasteiger partial charge < -0.3 is 16.0 Å². The molecule has 0 saturated carbocycles. The Hall–Kier alpha value is -2.89. The molecule has 0 aliphatic heterocycles. The molecule has 216 valence electrons. The molecule has 0 aliphatic carbocycles. The maximum atomic E-state index is 12.3. The number of amides is 1. The minimum atomic E-state index is -0.553. The molecule has 6 heteroatoms. The first-order chi connectivity index (χ1) is 19.0. The number of carbonyl (C=O) groups excluding carboxylic acids is 1. The Kier molecular flexibility index (Phi) is 16.6. The van der Waals surface area contributed by atoms with E-state index in [-0.39, 0.29) is 24.2 Å². The molecule has 1 amide bonds. The zero-order chi connectivity index (χ0) is 28.1. The Bertz CT molecular complexity index is 1020. The number of anilines is 2. The summed E-state index contributed by atoms with van der Waals surface area (Å²) in [5.41, 5.74) is 0.643. The fourth-order valence-electron chi connectivity index (χ4n) is 4.83. The predicted octanol–water partition coefficient (Wildman–Crippen LogP) is 6.89. The largest absolute Gasteiger partial charge is 0.380 e. The molecule has 0 saturated heterocycles. The zero-order valence-corrected chi connectivity index (χ0v) is 24.4. The lowest BCUT2D eigenvalue weighted by atomic mass is 10.1. The lowest BCUT2D eigenvalue weighted by Crippen LogP contribution is -2.42. The minimum Gasteiger partial charge on any atom is -0.380 e. The highest BCUT2D eigenvalue weighted by Crippen LogP contribution is 2.15. The second-order valence-corrected chi connectivity index (χ2v) is 10.8. The van der Waals surface area contributed by atoms with E-state index in [1.807, 2.05) is 37.3 Å². The van der Waals surface area contributed by atoms with Crippen LogP contribution in [0.4, 0.5) is 11.4 Å². The van der Waals surface area contributed by atoms with Gasteiger partial charge in [-0.05, 0) is 51.0 Å². The Morgan fingerprint density at radius 2 is 1.28 bits per heavy atom. The van der Waals surface area contributed by atoms with E-state index in [2.05, 4.69) is 35.0 Å². The Balaban J connectivity index is 1.49. The quantitative estimate of drug-likeness (QED) is 0.0816. The van der Waals surface area contributed by atoms with E-state index in [9.17, 15) is 14.4 Å². The first kappa shape index (κ1) is 32.3. The second-order valence-electron chi connectivity index (χ2n) is 10.8. The van der Waals surface area contributed by atoms with Gasteiger partial charge in [-0.15, -0.1) is 0 Å². The summed E-state index contributed by atoms with van der Waals surface area (Å²) in [6.07, 6.45) is 23.0. The molecule has 0 bridgehead atoms. The summed E-state index contributed by atoms with van der Waals surface area (Å²) in [5.74, 6) is -0.204. The molecular formula is C33H51N3O3. The van der Waals surface area contributed by atoms with Crippen molar-refractivity contribution in [3.05, 3.63) is 68.5 Å². The van der Waals surface area contributed by atoms with Crippen LogP contribution in [0.25, 0.3) is 0 Å². The van der Waals surface area contributed by atoms with Gasteiger partial charge in [0.15, 0.2) is 0 Å². The number of nitrogens with one attached hydrogen (secondary N) is 3. The molecule has 0 spiro atoms. The van der Waals surface area contributed by atoms with E-state index in [4.69, 9.17) is 0 Å². The van der Waals surface area contributed by atoms with Crippen molar-refractivity contribution in [2.24, 2.45) is 0 Å². The van der Waals surface area contributed by atoms with Crippen LogP contribution >= 0.6 is 0 Å². The number of allylic oxidation sites excluding steroid dienone is 2. The van der Waals surface area contributed by atoms with Crippen molar-refractivity contribution >= 4 is 17.3 Å². The monoisotopic (exact) mass is 537 g/mol. The van der Waals surface area contributed by atoms with Crippen molar-refractivity contribution < 1.29 is 4.79 Å². The molecule has 1 atom stereocenters. The van der Waals surface area contributed by atoms with Gasteiger partial charge in [0, 0.05) is 12.6 Å². The van der Waals surface area contributed by atoms with E-state index in [1.54, 1.807) is 0 Å². The van der Waals surface area contributed by atoms with Gasteiger partial charge in [-0.2, -0.15) is 0 Å². The highest BCUT2D eigenvalue weighted by molar-refractivity contribution is 5.84. The van der Waals surface area contributed by atoms with Gasteiger partial charge in [0.1, 0.15) is 11.4 Å². The minimum absolute atomic E-state index is 0.0297. The molecule has 39 heavy (non-hydrogen) atoms. The van der Waals surface area contributed by atoms with Gasteiger partial charge in [0.2, 0.25) is 5.91 Å². The molecule has 6 nitrogen and oxygen atoms in total. The maximum absolute atomic E-state index is 12.3. The summed E-state index contributed by atoms with van der Waals surface area (Å²) in [5, 5.41) is 8.88. The van der Waals surface area contributed by atoms with Gasteiger partial charge in [-0.25, -0.2) is 0 Å². The lowest BCUT2D eigenvalue weighted by molar-refractivity contribution is -0.119. The Labute approximate surface area is 235 Å². The first-order valence-electron chi connectivity index (χ1n) is 15.3. The molecule has 0 aromatic heterocycles. The maximum Gasteiger partial charge on any atom is 0.253 e. The lowest BCUT2D eigenvalue weighted by Gasteiger charge is -2.17. The van der Waals surface area contributed by atoms with Crippen molar-refractivity contribution in [2.75, 3.05) is 23.7 Å². The molecular weight excluding hydrogens is 486 g/mol. The van der Waals surface area contributed by atoms with Crippen molar-refractivity contribution in [1.82, 2.24) is 5.32 Å². The van der Waals surface area contributed by atoms with E-state index in [0.29, 0.717) is 12.2 Å². The molecule has 2 aromatic rings. The van der Waals surface area contributed by atoms with Crippen molar-refractivity contribution in [2.45, 2.75) is 116 Å². The third kappa shape index (κ3) is 13.6. The number of carbonyl (C=O) groups is 1. The number of unbranched alkanes of at least 4 members (excludes halogenated alkanes) is 12. The van der Waals surface area contributed by atoms with Crippen LogP contribution in [-0.2, 0) is 11.2 Å². The second kappa shape index (κ2) is 20.1. The average Bonchev–Trinajstić information content (AvgIpc) is 2.93. The molecule has 2 rings (SSSR count). The SMILES string of the molecule is CCCCCCCCC/C=C\CCCCCCCNc1c(NCC(=O)NC(C)Cc2ccccc2)c(=O)c1=O. The van der Waals surface area contributed by atoms with Gasteiger partial charge >= 0.3 is 0 Å². The van der Waals surface area contributed by atoms with Crippen LogP contribution in [0.1, 0.15) is 109 Å². The van der Waals surface area contributed by atoms with Crippen LogP contribution in [-0.4, -0.2) is 25.0 Å². The molecule has 0 radical (unpaired) electrons. The summed E-state index contributed by atoms with van der Waals surface area (Å²) >= 11 is 0. The predicted molar refractivity (Wildman–Crippen MR) is 166 cm³/mol. The summed E-state index contributed by atoms with van der Waals surface area (Å²) < 4.78 is 0. The smallest absolute Gasteiger partial charge is 0.253 e. The van der Waals surface area contributed by atoms with Crippen LogP contribution in [0.3, 0.4) is 0 Å². The number of hydrogen-bond donors (Lipinski definition) is 3. The molecule has 0 fully saturated rings. The highest BCUT2D eigenvalue weighted by atomic mass is 16.2. The van der Waals surface area contributed by atoms with Crippen LogP contribution < -0.4 is 26.8 Å². The summed E-state index contributed by atoms with van der Waals surface area (Å²) in [6.45, 7) is 4.83. The van der Waals surface area contributed by atoms with E-state index >= 15 is 0 Å². The van der Waals surface area contributed by atoms with Crippen molar-refractivity contribution in [1.29, 1.82) is 0 Å².